The Kier molecular flexibility index (Phi) is 5.97. The van der Waals surface area contributed by atoms with Crippen molar-refractivity contribution in [1.29, 1.82) is 0 Å². The molecule has 0 heterocycles. The van der Waals surface area contributed by atoms with E-state index < -0.39 is 30.0 Å². The van der Waals surface area contributed by atoms with Crippen molar-refractivity contribution in [2.75, 3.05) is 6.61 Å². The summed E-state index contributed by atoms with van der Waals surface area (Å²) in [5.74, 6) is -1.34. The van der Waals surface area contributed by atoms with Crippen molar-refractivity contribution < 1.29 is 32.6 Å². The SMILES string of the molecule is CCOc1ccc(C(=O)NNC(=O)C[C@@](C)(O)C(F)(F)F)cc1. The number of nitrogens with one attached hydrogen (secondary N) is 2. The Hall–Kier alpha value is -2.29. The van der Waals surface area contributed by atoms with E-state index >= 15 is 0 Å². The summed E-state index contributed by atoms with van der Waals surface area (Å²) in [6.45, 7) is 2.73. The molecule has 0 saturated heterocycles. The van der Waals surface area contributed by atoms with Gasteiger partial charge in [-0.1, -0.05) is 0 Å². The van der Waals surface area contributed by atoms with Crippen LogP contribution in [0, 0.1) is 0 Å². The van der Waals surface area contributed by atoms with Crippen LogP contribution in [0.2, 0.25) is 0 Å². The summed E-state index contributed by atoms with van der Waals surface area (Å²) in [5, 5.41) is 9.17. The fraction of sp³-hybridized carbons (Fsp3) is 0.429. The lowest BCUT2D eigenvalue weighted by atomic mass is 10.0. The molecule has 1 aromatic rings. The highest BCUT2D eigenvalue weighted by Crippen LogP contribution is 2.32. The molecule has 0 bridgehead atoms. The zero-order valence-corrected chi connectivity index (χ0v) is 12.5. The van der Waals surface area contributed by atoms with Crippen LogP contribution in [0.5, 0.6) is 5.75 Å². The van der Waals surface area contributed by atoms with E-state index in [1.807, 2.05) is 10.9 Å². The molecule has 0 aliphatic heterocycles. The number of alkyl halides is 3. The molecular formula is C14H17F3N2O4. The molecule has 0 unspecified atom stereocenters. The second kappa shape index (κ2) is 7.32. The van der Waals surface area contributed by atoms with Crippen LogP contribution >= 0.6 is 0 Å². The lowest BCUT2D eigenvalue weighted by Crippen LogP contribution is -2.49. The van der Waals surface area contributed by atoms with Gasteiger partial charge in [-0.05, 0) is 38.1 Å². The second-order valence-electron chi connectivity index (χ2n) is 4.91. The van der Waals surface area contributed by atoms with Gasteiger partial charge in [0.15, 0.2) is 5.60 Å². The fourth-order valence-corrected chi connectivity index (χ4v) is 1.52. The molecule has 9 heteroatoms. The molecule has 0 aliphatic rings. The van der Waals surface area contributed by atoms with Crippen molar-refractivity contribution in [3.05, 3.63) is 29.8 Å². The predicted octanol–water partition coefficient (Wildman–Crippen LogP) is 1.55. The van der Waals surface area contributed by atoms with E-state index in [4.69, 9.17) is 4.74 Å². The number of carbonyl (C=O) groups excluding carboxylic acids is 2. The third kappa shape index (κ3) is 5.44. The molecular weight excluding hydrogens is 317 g/mol. The van der Waals surface area contributed by atoms with Crippen molar-refractivity contribution in [1.82, 2.24) is 10.9 Å². The Morgan fingerprint density at radius 3 is 2.22 bits per heavy atom. The highest BCUT2D eigenvalue weighted by atomic mass is 19.4. The van der Waals surface area contributed by atoms with Gasteiger partial charge in [-0.15, -0.1) is 0 Å². The minimum Gasteiger partial charge on any atom is -0.494 e. The summed E-state index contributed by atoms with van der Waals surface area (Å²) < 4.78 is 42.5. The monoisotopic (exact) mass is 334 g/mol. The third-order valence-corrected chi connectivity index (χ3v) is 2.86. The lowest BCUT2D eigenvalue weighted by molar-refractivity contribution is -0.253. The number of hydrogen-bond donors (Lipinski definition) is 3. The average molecular weight is 334 g/mol. The second-order valence-corrected chi connectivity index (χ2v) is 4.91. The lowest BCUT2D eigenvalue weighted by Gasteiger charge is -2.25. The van der Waals surface area contributed by atoms with E-state index in [2.05, 4.69) is 0 Å². The first-order valence-electron chi connectivity index (χ1n) is 6.68. The summed E-state index contributed by atoms with van der Waals surface area (Å²) >= 11 is 0. The number of amides is 2. The zero-order chi connectivity index (χ0) is 17.7. The molecule has 0 spiro atoms. The van der Waals surface area contributed by atoms with Gasteiger partial charge in [-0.25, -0.2) is 0 Å². The molecule has 1 rings (SSSR count). The standard InChI is InChI=1S/C14H17F3N2O4/c1-3-23-10-6-4-9(5-7-10)12(21)19-18-11(20)8-13(2,22)14(15,16)17/h4-7,22H,3,8H2,1-2H3,(H,18,20)(H,19,21)/t13-/m1/s1. The van der Waals surface area contributed by atoms with Crippen LogP contribution < -0.4 is 15.6 Å². The van der Waals surface area contributed by atoms with E-state index in [9.17, 15) is 27.9 Å². The number of hydrogen-bond acceptors (Lipinski definition) is 4. The summed E-state index contributed by atoms with van der Waals surface area (Å²) in [7, 11) is 0. The van der Waals surface area contributed by atoms with Crippen molar-refractivity contribution in [3.63, 3.8) is 0 Å². The Morgan fingerprint density at radius 1 is 1.17 bits per heavy atom. The summed E-state index contributed by atoms with van der Waals surface area (Å²) in [6.07, 6.45) is -6.19. The molecule has 0 fully saturated rings. The van der Waals surface area contributed by atoms with E-state index in [1.54, 1.807) is 6.92 Å². The topological polar surface area (TPSA) is 87.7 Å². The van der Waals surface area contributed by atoms with E-state index in [-0.39, 0.29) is 5.56 Å². The normalized spacial score (nSPS) is 13.8. The van der Waals surface area contributed by atoms with Crippen LogP contribution in [0.25, 0.3) is 0 Å². The number of halogens is 3. The van der Waals surface area contributed by atoms with Crippen molar-refractivity contribution in [3.8, 4) is 5.75 Å². The van der Waals surface area contributed by atoms with E-state index in [0.29, 0.717) is 19.3 Å². The molecule has 0 saturated carbocycles. The number of hydrazine groups is 1. The van der Waals surface area contributed by atoms with E-state index in [1.165, 1.54) is 24.3 Å². The molecule has 23 heavy (non-hydrogen) atoms. The molecule has 1 aromatic carbocycles. The molecule has 128 valence electrons. The highest BCUT2D eigenvalue weighted by Gasteiger charge is 2.51. The first kappa shape index (κ1) is 18.8. The zero-order valence-electron chi connectivity index (χ0n) is 12.5. The average Bonchev–Trinajstić information content (AvgIpc) is 2.44. The summed E-state index contributed by atoms with van der Waals surface area (Å²) in [6, 6.07) is 5.93. The molecule has 0 radical (unpaired) electrons. The van der Waals surface area contributed by atoms with Crippen molar-refractivity contribution in [2.45, 2.75) is 32.0 Å². The maximum atomic E-state index is 12.4. The molecule has 1 atom stereocenters. The Bertz CT molecular complexity index is 556. The van der Waals surface area contributed by atoms with Gasteiger partial charge >= 0.3 is 6.18 Å². The Labute approximate surface area is 130 Å². The molecule has 6 nitrogen and oxygen atoms in total. The first-order valence-corrected chi connectivity index (χ1v) is 6.68. The van der Waals surface area contributed by atoms with Crippen molar-refractivity contribution >= 4 is 11.8 Å². The minimum absolute atomic E-state index is 0.177. The van der Waals surface area contributed by atoms with Gasteiger partial charge in [0.25, 0.3) is 5.91 Å². The maximum Gasteiger partial charge on any atom is 0.417 e. The third-order valence-electron chi connectivity index (χ3n) is 2.86. The molecule has 0 aromatic heterocycles. The van der Waals surface area contributed by atoms with E-state index in [0.717, 1.165) is 0 Å². The molecule has 2 amide bonds. The van der Waals surface area contributed by atoms with Crippen LogP contribution in [-0.4, -0.2) is 35.3 Å². The summed E-state index contributed by atoms with van der Waals surface area (Å²) in [5.41, 5.74) is 0.783. The van der Waals surface area contributed by atoms with Gasteiger partial charge in [0.05, 0.1) is 13.0 Å². The Morgan fingerprint density at radius 2 is 1.74 bits per heavy atom. The first-order chi connectivity index (χ1) is 10.6. The maximum absolute atomic E-state index is 12.4. The molecule has 3 N–H and O–H groups in total. The fourth-order valence-electron chi connectivity index (χ4n) is 1.52. The number of carbonyl (C=O) groups is 2. The summed E-state index contributed by atoms with van der Waals surface area (Å²) in [4.78, 5) is 23.1. The number of rotatable bonds is 5. The van der Waals surface area contributed by atoms with Gasteiger partial charge in [0.2, 0.25) is 5.91 Å². The van der Waals surface area contributed by atoms with Gasteiger partial charge in [-0.3, -0.25) is 20.4 Å². The number of ether oxygens (including phenoxy) is 1. The van der Waals surface area contributed by atoms with Gasteiger partial charge < -0.3 is 9.84 Å². The smallest absolute Gasteiger partial charge is 0.417 e. The quantitative estimate of drug-likeness (QED) is 0.713. The largest absolute Gasteiger partial charge is 0.494 e. The Balaban J connectivity index is 2.54. The van der Waals surface area contributed by atoms with Crippen molar-refractivity contribution in [2.24, 2.45) is 0 Å². The van der Waals surface area contributed by atoms with Crippen LogP contribution in [0.15, 0.2) is 24.3 Å². The highest BCUT2D eigenvalue weighted by molar-refractivity contribution is 5.95. The molecule has 0 aliphatic carbocycles. The predicted molar refractivity (Wildman–Crippen MR) is 74.5 cm³/mol. The van der Waals surface area contributed by atoms with Gasteiger partial charge in [-0.2, -0.15) is 13.2 Å². The van der Waals surface area contributed by atoms with Crippen LogP contribution in [0.4, 0.5) is 13.2 Å². The minimum atomic E-state index is -4.95. The number of benzene rings is 1. The van der Waals surface area contributed by atoms with Crippen LogP contribution in [0.1, 0.15) is 30.6 Å². The number of aliphatic hydroxyl groups is 1. The van der Waals surface area contributed by atoms with Gasteiger partial charge in [0.1, 0.15) is 5.75 Å². The van der Waals surface area contributed by atoms with Gasteiger partial charge in [0, 0.05) is 5.56 Å². The van der Waals surface area contributed by atoms with Crippen LogP contribution in [0.3, 0.4) is 0 Å². The van der Waals surface area contributed by atoms with Crippen LogP contribution in [-0.2, 0) is 4.79 Å².